The maximum absolute atomic E-state index is 13.5. The van der Waals surface area contributed by atoms with Gasteiger partial charge in [-0.05, 0) is 24.6 Å². The van der Waals surface area contributed by atoms with Gasteiger partial charge >= 0.3 is 0 Å². The number of benzene rings is 2. The first kappa shape index (κ1) is 22.8. The number of nitrogens with zero attached hydrogens (tertiary/aromatic N) is 2. The summed E-state index contributed by atoms with van der Waals surface area (Å²) in [6.07, 6.45) is 0.313. The Morgan fingerprint density at radius 1 is 1.06 bits per heavy atom. The van der Waals surface area contributed by atoms with E-state index in [9.17, 15) is 22.8 Å². The van der Waals surface area contributed by atoms with Crippen molar-refractivity contribution in [1.29, 1.82) is 0 Å². The van der Waals surface area contributed by atoms with E-state index in [0.29, 0.717) is 23.4 Å². The van der Waals surface area contributed by atoms with Crippen molar-refractivity contribution in [1.82, 2.24) is 4.90 Å². The Bertz CT molecular complexity index is 1370. The molecule has 0 bridgehead atoms. The number of thioether (sulfide) groups is 1. The minimum atomic E-state index is -3.22. The van der Waals surface area contributed by atoms with Gasteiger partial charge in [-0.2, -0.15) is 0 Å². The van der Waals surface area contributed by atoms with E-state index in [0.717, 1.165) is 11.8 Å². The molecule has 2 saturated heterocycles. The fraction of sp³-hybridized carbons (Fsp3) is 0.217. The van der Waals surface area contributed by atoms with Gasteiger partial charge in [-0.15, -0.1) is 0 Å². The van der Waals surface area contributed by atoms with Crippen LogP contribution in [0.5, 0.6) is 0 Å². The van der Waals surface area contributed by atoms with Crippen LogP contribution in [-0.4, -0.2) is 59.5 Å². The number of amides is 3. The largest absolute Gasteiger partial charge is 0.325 e. The van der Waals surface area contributed by atoms with E-state index in [-0.39, 0.29) is 38.8 Å². The minimum Gasteiger partial charge on any atom is -0.325 e. The third-order valence-electron chi connectivity index (χ3n) is 5.88. The monoisotopic (exact) mass is 513 g/mol. The van der Waals surface area contributed by atoms with Gasteiger partial charge in [0, 0.05) is 11.3 Å². The normalized spacial score (nSPS) is 23.5. The van der Waals surface area contributed by atoms with Crippen molar-refractivity contribution >= 4 is 72.8 Å². The molecule has 1 N–H and O–H groups in total. The Morgan fingerprint density at radius 2 is 1.76 bits per heavy atom. The molecular weight excluding hydrogens is 494 g/mol. The second-order valence-electron chi connectivity index (χ2n) is 8.13. The highest BCUT2D eigenvalue weighted by Gasteiger charge is 2.46. The van der Waals surface area contributed by atoms with Crippen LogP contribution in [0.1, 0.15) is 12.0 Å². The molecule has 3 aliphatic heterocycles. The Kier molecular flexibility index (Phi) is 5.78. The number of para-hydroxylation sites is 2. The molecule has 0 aromatic heterocycles. The summed E-state index contributed by atoms with van der Waals surface area (Å²) in [5.41, 5.74) is 1.86. The van der Waals surface area contributed by atoms with Gasteiger partial charge in [0.25, 0.3) is 11.8 Å². The summed E-state index contributed by atoms with van der Waals surface area (Å²) in [7, 11) is -3.22. The number of sulfone groups is 1. The summed E-state index contributed by atoms with van der Waals surface area (Å²) in [4.78, 5) is 42.3. The second kappa shape index (κ2) is 8.64. The van der Waals surface area contributed by atoms with Crippen molar-refractivity contribution in [2.24, 2.45) is 0 Å². The summed E-state index contributed by atoms with van der Waals surface area (Å²) in [5.74, 6) is -1.44. The molecular formula is C23H19N3O5S3. The lowest BCUT2D eigenvalue weighted by Crippen LogP contribution is -2.39. The smallest absolute Gasteiger partial charge is 0.267 e. The van der Waals surface area contributed by atoms with Crippen molar-refractivity contribution in [2.45, 2.75) is 12.5 Å². The fourth-order valence-corrected chi connectivity index (χ4v) is 7.52. The highest BCUT2D eigenvalue weighted by atomic mass is 32.2. The van der Waals surface area contributed by atoms with Crippen molar-refractivity contribution in [3.63, 3.8) is 0 Å². The van der Waals surface area contributed by atoms with Crippen LogP contribution in [-0.2, 0) is 24.2 Å². The number of nitrogens with one attached hydrogen (secondary N) is 1. The first-order valence-electron chi connectivity index (χ1n) is 10.5. The van der Waals surface area contributed by atoms with Gasteiger partial charge in [-0.3, -0.25) is 24.2 Å². The number of fused-ring (bicyclic) bond motifs is 1. The molecule has 0 radical (unpaired) electrons. The Hall–Kier alpha value is -3.02. The van der Waals surface area contributed by atoms with E-state index in [1.165, 1.54) is 9.80 Å². The molecule has 8 nitrogen and oxygen atoms in total. The maximum Gasteiger partial charge on any atom is 0.267 e. The van der Waals surface area contributed by atoms with Crippen LogP contribution in [0, 0.1) is 0 Å². The van der Waals surface area contributed by atoms with Crippen molar-refractivity contribution in [3.05, 3.63) is 65.1 Å². The van der Waals surface area contributed by atoms with Gasteiger partial charge < -0.3 is 5.32 Å². The molecule has 34 heavy (non-hydrogen) atoms. The fourth-order valence-electron chi connectivity index (χ4n) is 4.35. The Labute approximate surface area is 205 Å². The van der Waals surface area contributed by atoms with Crippen LogP contribution in [0.2, 0.25) is 0 Å². The van der Waals surface area contributed by atoms with Gasteiger partial charge in [0.05, 0.1) is 33.7 Å². The molecule has 0 aliphatic carbocycles. The summed E-state index contributed by atoms with van der Waals surface area (Å²) in [6, 6.07) is 15.3. The molecule has 2 aromatic rings. The first-order chi connectivity index (χ1) is 16.2. The third kappa shape index (κ3) is 4.04. The van der Waals surface area contributed by atoms with Gasteiger partial charge in [0.2, 0.25) is 5.91 Å². The molecule has 5 rings (SSSR count). The quantitative estimate of drug-likeness (QED) is 0.495. The molecule has 3 heterocycles. The van der Waals surface area contributed by atoms with Crippen LogP contribution in [0.25, 0.3) is 5.57 Å². The molecule has 0 spiro atoms. The first-order valence-corrected chi connectivity index (χ1v) is 13.6. The Balaban J connectivity index is 1.46. The average molecular weight is 514 g/mol. The van der Waals surface area contributed by atoms with Crippen LogP contribution >= 0.6 is 24.0 Å². The number of carbonyl (C=O) groups is 3. The predicted octanol–water partition coefficient (Wildman–Crippen LogP) is 2.43. The van der Waals surface area contributed by atoms with E-state index in [1.54, 1.807) is 48.5 Å². The number of thiocarbonyl (C=S) groups is 1. The summed E-state index contributed by atoms with van der Waals surface area (Å²) < 4.78 is 24.1. The summed E-state index contributed by atoms with van der Waals surface area (Å²) in [6.45, 7) is -0.227. The number of hydrogen-bond donors (Lipinski definition) is 1. The zero-order valence-electron chi connectivity index (χ0n) is 17.8. The van der Waals surface area contributed by atoms with Crippen LogP contribution in [0.4, 0.5) is 11.4 Å². The van der Waals surface area contributed by atoms with E-state index in [1.807, 2.05) is 6.07 Å². The van der Waals surface area contributed by atoms with Crippen molar-refractivity contribution in [2.75, 3.05) is 28.3 Å². The third-order valence-corrected chi connectivity index (χ3v) is 9.03. The zero-order chi connectivity index (χ0) is 24.0. The van der Waals surface area contributed by atoms with Crippen LogP contribution in [0.3, 0.4) is 0 Å². The molecule has 1 atom stereocenters. The standard InChI is InChI=1S/C23H19N3O5S3/c27-18(24-14-6-2-1-3-7-14)12-25-17-9-5-4-8-16(17)19(21(25)28)20-22(29)26(23(32)33-20)15-10-11-34(30,31)13-15/h1-9,15H,10-13H2,(H,24,27)/b20-19-/t15-/m0/s1. The SMILES string of the molecule is O=C(CN1C(=O)/C(=C2\SC(=S)N([C@H]3CCS(=O)(=O)C3)C2=O)c2ccccc21)Nc1ccccc1. The zero-order valence-corrected chi connectivity index (χ0v) is 20.2. The van der Waals surface area contributed by atoms with Crippen molar-refractivity contribution < 1.29 is 22.8 Å². The number of rotatable bonds is 4. The van der Waals surface area contributed by atoms with Gasteiger partial charge in [0.1, 0.15) is 10.9 Å². The van der Waals surface area contributed by atoms with Crippen LogP contribution in [0.15, 0.2) is 59.5 Å². The highest BCUT2D eigenvalue weighted by molar-refractivity contribution is 8.26. The molecule has 174 valence electrons. The number of anilines is 2. The lowest BCUT2D eigenvalue weighted by atomic mass is 10.1. The molecule has 11 heteroatoms. The van der Waals surface area contributed by atoms with E-state index < -0.39 is 27.7 Å². The van der Waals surface area contributed by atoms with Gasteiger partial charge in [0.15, 0.2) is 9.84 Å². The van der Waals surface area contributed by atoms with Gasteiger partial charge in [-0.1, -0.05) is 60.4 Å². The number of hydrogen-bond acceptors (Lipinski definition) is 7. The molecule has 2 aromatic carbocycles. The van der Waals surface area contributed by atoms with Gasteiger partial charge in [-0.25, -0.2) is 8.42 Å². The predicted molar refractivity (Wildman–Crippen MR) is 135 cm³/mol. The number of carbonyl (C=O) groups excluding carboxylic acids is 3. The van der Waals surface area contributed by atoms with Crippen LogP contribution < -0.4 is 10.2 Å². The van der Waals surface area contributed by atoms with E-state index in [2.05, 4.69) is 5.32 Å². The minimum absolute atomic E-state index is 0.00665. The molecule has 0 unspecified atom stereocenters. The van der Waals surface area contributed by atoms with E-state index >= 15 is 0 Å². The average Bonchev–Trinajstić information content (AvgIpc) is 3.39. The second-order valence-corrected chi connectivity index (χ2v) is 12.0. The molecule has 3 amide bonds. The molecule has 0 saturated carbocycles. The highest BCUT2D eigenvalue weighted by Crippen LogP contribution is 2.45. The molecule has 3 aliphatic rings. The molecule has 2 fully saturated rings. The van der Waals surface area contributed by atoms with E-state index in [4.69, 9.17) is 12.2 Å². The lowest BCUT2D eigenvalue weighted by molar-refractivity contribution is -0.123. The Morgan fingerprint density at radius 3 is 2.47 bits per heavy atom. The lowest BCUT2D eigenvalue weighted by Gasteiger charge is -2.21. The maximum atomic E-state index is 13.5. The van der Waals surface area contributed by atoms with Crippen molar-refractivity contribution in [3.8, 4) is 0 Å². The summed E-state index contributed by atoms with van der Waals surface area (Å²) >= 11 is 6.40. The summed E-state index contributed by atoms with van der Waals surface area (Å²) in [5, 5.41) is 2.77. The topological polar surface area (TPSA) is 104 Å².